The van der Waals surface area contributed by atoms with Crippen molar-refractivity contribution in [2.45, 2.75) is 11.8 Å². The molecule has 0 unspecified atom stereocenters. The molecule has 1 aliphatic heterocycles. The molecule has 0 radical (unpaired) electrons. The summed E-state index contributed by atoms with van der Waals surface area (Å²) in [5.41, 5.74) is 0.401. The molecular weight excluding hydrogens is 378 g/mol. The Hall–Kier alpha value is -2.03. The highest BCUT2D eigenvalue weighted by Gasteiger charge is 2.30. The van der Waals surface area contributed by atoms with E-state index in [9.17, 15) is 13.2 Å². The molecule has 1 N–H and O–H groups in total. The third-order valence-corrected chi connectivity index (χ3v) is 6.31. The van der Waals surface area contributed by atoms with Gasteiger partial charge in [-0.15, -0.1) is 0 Å². The molecular formula is C17H20ClN3O4S. The molecule has 2 heterocycles. The summed E-state index contributed by atoms with van der Waals surface area (Å²) in [5.74, 6) is 0.446. The third kappa shape index (κ3) is 3.87. The number of sulfonamides is 1. The second kappa shape index (κ2) is 7.69. The molecule has 1 aliphatic rings. The van der Waals surface area contributed by atoms with Crippen molar-refractivity contribution >= 4 is 27.5 Å². The molecule has 0 aliphatic carbocycles. The highest BCUT2D eigenvalue weighted by Crippen LogP contribution is 2.21. The maximum absolute atomic E-state index is 12.8. The fourth-order valence-corrected chi connectivity index (χ4v) is 4.40. The van der Waals surface area contributed by atoms with Crippen molar-refractivity contribution in [1.82, 2.24) is 14.2 Å². The first-order chi connectivity index (χ1) is 12.4. The van der Waals surface area contributed by atoms with E-state index in [2.05, 4.69) is 4.98 Å². The van der Waals surface area contributed by atoms with Crippen LogP contribution >= 0.6 is 11.6 Å². The summed E-state index contributed by atoms with van der Waals surface area (Å²) in [6.45, 7) is 3.53. The summed E-state index contributed by atoms with van der Waals surface area (Å²) >= 11 is 5.83. The van der Waals surface area contributed by atoms with Gasteiger partial charge >= 0.3 is 0 Å². The number of aromatic nitrogens is 1. The van der Waals surface area contributed by atoms with Crippen LogP contribution in [0.15, 0.2) is 41.4 Å². The van der Waals surface area contributed by atoms with Gasteiger partial charge in [0.05, 0.1) is 16.5 Å². The second-order valence-corrected chi connectivity index (χ2v) is 8.21. The average molecular weight is 398 g/mol. The van der Waals surface area contributed by atoms with Crippen molar-refractivity contribution in [3.8, 4) is 5.75 Å². The van der Waals surface area contributed by atoms with E-state index in [1.165, 1.54) is 4.31 Å². The lowest BCUT2D eigenvalue weighted by Crippen LogP contribution is -2.50. The van der Waals surface area contributed by atoms with Crippen LogP contribution < -0.4 is 4.74 Å². The van der Waals surface area contributed by atoms with Gasteiger partial charge in [-0.25, -0.2) is 8.42 Å². The Kier molecular flexibility index (Phi) is 5.55. The molecule has 0 bridgehead atoms. The number of hydrogen-bond acceptors (Lipinski definition) is 4. The highest BCUT2D eigenvalue weighted by atomic mass is 35.5. The third-order valence-electron chi connectivity index (χ3n) is 4.18. The normalized spacial score (nSPS) is 15.8. The molecule has 1 saturated heterocycles. The van der Waals surface area contributed by atoms with E-state index in [1.807, 2.05) is 6.92 Å². The number of carbonyl (C=O) groups is 1. The summed E-state index contributed by atoms with van der Waals surface area (Å²) in [5, 5.41) is 0.463. The summed E-state index contributed by atoms with van der Waals surface area (Å²) < 4.78 is 32.3. The molecule has 1 aromatic carbocycles. The van der Waals surface area contributed by atoms with Crippen molar-refractivity contribution in [2.24, 2.45) is 0 Å². The number of nitrogens with one attached hydrogen (secondary N) is 1. The van der Waals surface area contributed by atoms with Gasteiger partial charge in [-0.3, -0.25) is 4.79 Å². The molecule has 0 spiro atoms. The summed E-state index contributed by atoms with van der Waals surface area (Å²) in [7, 11) is -3.59. The van der Waals surface area contributed by atoms with Crippen molar-refractivity contribution in [3.63, 3.8) is 0 Å². The van der Waals surface area contributed by atoms with Crippen LogP contribution in [0, 0.1) is 0 Å². The molecule has 26 heavy (non-hydrogen) atoms. The number of hydrogen-bond donors (Lipinski definition) is 1. The molecule has 7 nitrogen and oxygen atoms in total. The number of carbonyl (C=O) groups excluding carboxylic acids is 1. The standard InChI is InChI=1S/C17H20ClN3O4S/c1-2-25-14-3-5-15(6-4-14)26(23,24)21-9-7-20(8-10-21)17(22)16-11-13(18)12-19-16/h3-6,11-12,19H,2,7-10H2,1H3. The van der Waals surface area contributed by atoms with Crippen molar-refractivity contribution in [2.75, 3.05) is 32.8 Å². The number of aromatic amines is 1. The van der Waals surface area contributed by atoms with Gasteiger partial charge in [0.25, 0.3) is 5.91 Å². The van der Waals surface area contributed by atoms with Crippen LogP contribution in [0.2, 0.25) is 5.02 Å². The lowest BCUT2D eigenvalue weighted by molar-refractivity contribution is 0.0692. The van der Waals surface area contributed by atoms with Gasteiger partial charge in [-0.1, -0.05) is 11.6 Å². The lowest BCUT2D eigenvalue weighted by atomic mass is 10.3. The van der Waals surface area contributed by atoms with E-state index in [0.29, 0.717) is 36.2 Å². The maximum Gasteiger partial charge on any atom is 0.270 e. The smallest absolute Gasteiger partial charge is 0.270 e. The first-order valence-corrected chi connectivity index (χ1v) is 10.1. The van der Waals surface area contributed by atoms with Crippen LogP contribution in [0.3, 0.4) is 0 Å². The fraction of sp³-hybridized carbons (Fsp3) is 0.353. The first-order valence-electron chi connectivity index (χ1n) is 8.28. The lowest BCUT2D eigenvalue weighted by Gasteiger charge is -2.33. The molecule has 1 aromatic heterocycles. The zero-order valence-electron chi connectivity index (χ0n) is 14.3. The largest absolute Gasteiger partial charge is 0.494 e. The Balaban J connectivity index is 1.65. The van der Waals surface area contributed by atoms with Crippen molar-refractivity contribution < 1.29 is 17.9 Å². The molecule has 140 valence electrons. The van der Waals surface area contributed by atoms with Crippen LogP contribution in [-0.4, -0.2) is 61.3 Å². The van der Waals surface area contributed by atoms with E-state index in [1.54, 1.807) is 41.4 Å². The van der Waals surface area contributed by atoms with Crippen LogP contribution in [-0.2, 0) is 10.0 Å². The van der Waals surface area contributed by atoms with E-state index < -0.39 is 10.0 Å². The Morgan fingerprint density at radius 3 is 2.38 bits per heavy atom. The summed E-state index contributed by atoms with van der Waals surface area (Å²) in [6.07, 6.45) is 1.54. The Bertz CT molecular complexity index is 872. The number of ether oxygens (including phenoxy) is 1. The van der Waals surface area contributed by atoms with E-state index >= 15 is 0 Å². The predicted octanol–water partition coefficient (Wildman–Crippen LogP) is 2.21. The Morgan fingerprint density at radius 1 is 1.19 bits per heavy atom. The van der Waals surface area contributed by atoms with Crippen LogP contribution in [0.5, 0.6) is 5.75 Å². The monoisotopic (exact) mass is 397 g/mol. The number of rotatable bonds is 5. The first kappa shape index (κ1) is 18.8. The molecule has 0 saturated carbocycles. The minimum Gasteiger partial charge on any atom is -0.494 e. The topological polar surface area (TPSA) is 82.7 Å². The van der Waals surface area contributed by atoms with Gasteiger partial charge in [0, 0.05) is 32.4 Å². The van der Waals surface area contributed by atoms with Gasteiger partial charge in [0.15, 0.2) is 0 Å². The molecule has 3 rings (SSSR count). The van der Waals surface area contributed by atoms with Crippen LogP contribution in [0.4, 0.5) is 0 Å². The zero-order valence-corrected chi connectivity index (χ0v) is 15.9. The van der Waals surface area contributed by atoms with Crippen molar-refractivity contribution in [3.05, 3.63) is 47.2 Å². The van der Waals surface area contributed by atoms with Gasteiger partial charge in [-0.05, 0) is 37.3 Å². The summed E-state index contributed by atoms with van der Waals surface area (Å²) in [4.78, 5) is 17.0. The maximum atomic E-state index is 12.8. The number of halogens is 1. The van der Waals surface area contributed by atoms with Crippen LogP contribution in [0.25, 0.3) is 0 Å². The molecule has 0 atom stereocenters. The van der Waals surface area contributed by atoms with E-state index in [4.69, 9.17) is 16.3 Å². The highest BCUT2D eigenvalue weighted by molar-refractivity contribution is 7.89. The number of benzene rings is 1. The Labute approximate surface area is 157 Å². The fourth-order valence-electron chi connectivity index (χ4n) is 2.82. The summed E-state index contributed by atoms with van der Waals surface area (Å²) in [6, 6.07) is 7.93. The van der Waals surface area contributed by atoms with Gasteiger partial charge in [-0.2, -0.15) is 4.31 Å². The molecule has 1 fully saturated rings. The van der Waals surface area contributed by atoms with Crippen LogP contribution in [0.1, 0.15) is 17.4 Å². The quantitative estimate of drug-likeness (QED) is 0.838. The minimum absolute atomic E-state index is 0.185. The van der Waals surface area contributed by atoms with E-state index in [-0.39, 0.29) is 23.9 Å². The molecule has 9 heteroatoms. The minimum atomic E-state index is -3.59. The number of nitrogens with zero attached hydrogens (tertiary/aromatic N) is 2. The Morgan fingerprint density at radius 2 is 1.85 bits per heavy atom. The second-order valence-electron chi connectivity index (χ2n) is 5.83. The number of H-pyrrole nitrogens is 1. The predicted molar refractivity (Wildman–Crippen MR) is 98.1 cm³/mol. The number of piperazine rings is 1. The van der Waals surface area contributed by atoms with Gasteiger partial charge in [0.1, 0.15) is 11.4 Å². The zero-order chi connectivity index (χ0) is 18.7. The van der Waals surface area contributed by atoms with Gasteiger partial charge < -0.3 is 14.6 Å². The molecule has 1 amide bonds. The average Bonchev–Trinajstić information content (AvgIpc) is 3.08. The van der Waals surface area contributed by atoms with Gasteiger partial charge in [0.2, 0.25) is 10.0 Å². The SMILES string of the molecule is CCOc1ccc(S(=O)(=O)N2CCN(C(=O)c3cc(Cl)c[nH]3)CC2)cc1. The molecule has 2 aromatic rings. The number of amides is 1. The van der Waals surface area contributed by atoms with E-state index in [0.717, 1.165) is 0 Å². The van der Waals surface area contributed by atoms with Crippen molar-refractivity contribution in [1.29, 1.82) is 0 Å².